The third-order valence-corrected chi connectivity index (χ3v) is 4.84. The van der Waals surface area contributed by atoms with E-state index in [1.54, 1.807) is 38.4 Å². The number of anilines is 2. The van der Waals surface area contributed by atoms with Gasteiger partial charge in [-0.15, -0.1) is 10.2 Å². The topological polar surface area (TPSA) is 70.6 Å². The molecule has 26 heavy (non-hydrogen) atoms. The molecule has 0 unspecified atom stereocenters. The zero-order valence-electron chi connectivity index (χ0n) is 15.5. The Kier molecular flexibility index (Phi) is 5.68. The second-order valence-electron chi connectivity index (χ2n) is 6.43. The van der Waals surface area contributed by atoms with E-state index < -0.39 is 0 Å². The Morgan fingerprint density at radius 1 is 1.04 bits per heavy atom. The molecule has 138 valence electrons. The molecule has 3 rings (SSSR count). The van der Waals surface area contributed by atoms with E-state index in [2.05, 4.69) is 20.4 Å². The van der Waals surface area contributed by atoms with Crippen molar-refractivity contribution in [3.05, 3.63) is 42.0 Å². The van der Waals surface area contributed by atoms with Crippen LogP contribution in [0.1, 0.15) is 23.2 Å². The summed E-state index contributed by atoms with van der Waals surface area (Å²) in [5, 5.41) is 11.9. The van der Waals surface area contributed by atoms with Crippen LogP contribution in [-0.4, -0.2) is 56.4 Å². The van der Waals surface area contributed by atoms with Crippen molar-refractivity contribution in [2.24, 2.45) is 0 Å². The van der Waals surface area contributed by atoms with Gasteiger partial charge in [0.15, 0.2) is 11.6 Å². The molecule has 2 heterocycles. The number of benzene rings is 1. The summed E-state index contributed by atoms with van der Waals surface area (Å²) < 4.78 is 5.12. The molecule has 1 amide bonds. The van der Waals surface area contributed by atoms with Crippen LogP contribution < -0.4 is 19.9 Å². The number of carbonyl (C=O) groups is 1. The molecule has 1 aliphatic heterocycles. The maximum atomic E-state index is 12.6. The van der Waals surface area contributed by atoms with E-state index >= 15 is 0 Å². The Balaban J connectivity index is 1.69. The van der Waals surface area contributed by atoms with Crippen LogP contribution in [-0.2, 0) is 0 Å². The molecular formula is C19H25N5O2. The number of amides is 1. The van der Waals surface area contributed by atoms with Gasteiger partial charge in [-0.1, -0.05) is 0 Å². The highest BCUT2D eigenvalue weighted by Gasteiger charge is 2.20. The second-order valence-corrected chi connectivity index (χ2v) is 6.43. The second kappa shape index (κ2) is 8.14. The SMILES string of the molecule is COc1ccc(C(=O)N(C)c2ccc(N(C)C3CCNCC3)nn2)cc1. The van der Waals surface area contributed by atoms with Gasteiger partial charge in [0.2, 0.25) is 0 Å². The molecule has 0 bridgehead atoms. The fourth-order valence-electron chi connectivity index (χ4n) is 3.10. The van der Waals surface area contributed by atoms with Crippen LogP contribution in [0.4, 0.5) is 11.6 Å². The molecule has 1 aromatic heterocycles. The minimum Gasteiger partial charge on any atom is -0.497 e. The van der Waals surface area contributed by atoms with E-state index in [1.807, 2.05) is 19.2 Å². The average molecular weight is 355 g/mol. The maximum absolute atomic E-state index is 12.6. The van der Waals surface area contributed by atoms with Crippen molar-refractivity contribution in [2.75, 3.05) is 44.1 Å². The van der Waals surface area contributed by atoms with E-state index in [1.165, 1.54) is 4.90 Å². The molecule has 0 radical (unpaired) electrons. The summed E-state index contributed by atoms with van der Waals surface area (Å²) in [4.78, 5) is 16.3. The van der Waals surface area contributed by atoms with Crippen LogP contribution in [0.2, 0.25) is 0 Å². The van der Waals surface area contributed by atoms with Crippen molar-refractivity contribution >= 4 is 17.5 Å². The summed E-state index contributed by atoms with van der Waals surface area (Å²) >= 11 is 0. The van der Waals surface area contributed by atoms with E-state index in [-0.39, 0.29) is 5.91 Å². The molecule has 0 spiro atoms. The molecule has 2 aromatic rings. The number of nitrogens with one attached hydrogen (secondary N) is 1. The van der Waals surface area contributed by atoms with Crippen molar-refractivity contribution < 1.29 is 9.53 Å². The summed E-state index contributed by atoms with van der Waals surface area (Å²) in [7, 11) is 5.35. The Morgan fingerprint density at radius 3 is 2.23 bits per heavy atom. The lowest BCUT2D eigenvalue weighted by molar-refractivity contribution is 0.0992. The third-order valence-electron chi connectivity index (χ3n) is 4.84. The number of hydrogen-bond acceptors (Lipinski definition) is 6. The predicted octanol–water partition coefficient (Wildman–Crippen LogP) is 1.95. The monoisotopic (exact) mass is 355 g/mol. The summed E-state index contributed by atoms with van der Waals surface area (Å²) in [6.45, 7) is 2.05. The van der Waals surface area contributed by atoms with Crippen LogP contribution in [0.15, 0.2) is 36.4 Å². The Labute approximate surface area is 154 Å². The van der Waals surface area contributed by atoms with Crippen molar-refractivity contribution in [3.8, 4) is 5.75 Å². The van der Waals surface area contributed by atoms with E-state index in [9.17, 15) is 4.79 Å². The molecule has 1 aliphatic rings. The number of hydrogen-bond donors (Lipinski definition) is 1. The molecule has 1 fully saturated rings. The van der Waals surface area contributed by atoms with Gasteiger partial charge in [0.1, 0.15) is 5.75 Å². The highest BCUT2D eigenvalue weighted by atomic mass is 16.5. The molecule has 7 heteroatoms. The molecule has 1 N–H and O–H groups in total. The summed E-state index contributed by atoms with van der Waals surface area (Å²) in [6, 6.07) is 11.2. The molecule has 0 saturated carbocycles. The zero-order valence-corrected chi connectivity index (χ0v) is 15.5. The molecule has 0 aliphatic carbocycles. The smallest absolute Gasteiger partial charge is 0.259 e. The van der Waals surface area contributed by atoms with E-state index in [0.717, 1.165) is 31.7 Å². The van der Waals surface area contributed by atoms with Gasteiger partial charge in [0.25, 0.3) is 5.91 Å². The fourth-order valence-corrected chi connectivity index (χ4v) is 3.10. The van der Waals surface area contributed by atoms with Gasteiger partial charge in [-0.05, 0) is 62.3 Å². The van der Waals surface area contributed by atoms with Gasteiger partial charge < -0.3 is 15.0 Å². The largest absolute Gasteiger partial charge is 0.497 e. The lowest BCUT2D eigenvalue weighted by atomic mass is 10.1. The number of ether oxygens (including phenoxy) is 1. The molecule has 7 nitrogen and oxygen atoms in total. The number of nitrogens with zero attached hydrogens (tertiary/aromatic N) is 4. The normalized spacial score (nSPS) is 14.7. The molecule has 0 atom stereocenters. The number of carbonyl (C=O) groups excluding carboxylic acids is 1. The first-order valence-electron chi connectivity index (χ1n) is 8.79. The summed E-state index contributed by atoms with van der Waals surface area (Å²) in [6.07, 6.45) is 2.19. The van der Waals surface area contributed by atoms with E-state index in [0.29, 0.717) is 23.2 Å². The Hall–Kier alpha value is -2.67. The van der Waals surface area contributed by atoms with Crippen LogP contribution in [0.5, 0.6) is 5.75 Å². The minimum absolute atomic E-state index is 0.138. The highest BCUT2D eigenvalue weighted by molar-refractivity contribution is 6.05. The highest BCUT2D eigenvalue weighted by Crippen LogP contribution is 2.20. The summed E-state index contributed by atoms with van der Waals surface area (Å²) in [5.74, 6) is 1.93. The lowest BCUT2D eigenvalue weighted by Crippen LogP contribution is -2.41. The van der Waals surface area contributed by atoms with Crippen LogP contribution in [0.3, 0.4) is 0 Å². The molecular weight excluding hydrogens is 330 g/mol. The first-order chi connectivity index (χ1) is 12.6. The quantitative estimate of drug-likeness (QED) is 0.884. The van der Waals surface area contributed by atoms with Gasteiger partial charge in [0, 0.05) is 25.7 Å². The Bertz CT molecular complexity index is 727. The van der Waals surface area contributed by atoms with Gasteiger partial charge in [-0.2, -0.15) is 0 Å². The molecule has 1 aromatic carbocycles. The first-order valence-corrected chi connectivity index (χ1v) is 8.79. The fraction of sp³-hybridized carbons (Fsp3) is 0.421. The predicted molar refractivity (Wildman–Crippen MR) is 102 cm³/mol. The van der Waals surface area contributed by atoms with E-state index in [4.69, 9.17) is 4.74 Å². The van der Waals surface area contributed by atoms with Crippen molar-refractivity contribution in [1.82, 2.24) is 15.5 Å². The van der Waals surface area contributed by atoms with Gasteiger partial charge >= 0.3 is 0 Å². The first kappa shape index (κ1) is 18.1. The number of methoxy groups -OCH3 is 1. The zero-order chi connectivity index (χ0) is 18.5. The third kappa shape index (κ3) is 3.94. The van der Waals surface area contributed by atoms with Crippen LogP contribution in [0.25, 0.3) is 0 Å². The van der Waals surface area contributed by atoms with Crippen molar-refractivity contribution in [1.29, 1.82) is 0 Å². The molecule has 1 saturated heterocycles. The van der Waals surface area contributed by atoms with Crippen molar-refractivity contribution in [2.45, 2.75) is 18.9 Å². The lowest BCUT2D eigenvalue weighted by Gasteiger charge is -2.32. The Morgan fingerprint density at radius 2 is 1.65 bits per heavy atom. The van der Waals surface area contributed by atoms with Crippen molar-refractivity contribution in [3.63, 3.8) is 0 Å². The van der Waals surface area contributed by atoms with Gasteiger partial charge in [-0.25, -0.2) is 0 Å². The minimum atomic E-state index is -0.138. The van der Waals surface area contributed by atoms with Gasteiger partial charge in [0.05, 0.1) is 7.11 Å². The van der Waals surface area contributed by atoms with Crippen LogP contribution >= 0.6 is 0 Å². The maximum Gasteiger partial charge on any atom is 0.259 e. The summed E-state index contributed by atoms with van der Waals surface area (Å²) in [5.41, 5.74) is 0.575. The van der Waals surface area contributed by atoms with Gasteiger partial charge in [-0.3, -0.25) is 9.69 Å². The van der Waals surface area contributed by atoms with Crippen LogP contribution in [0, 0.1) is 0 Å². The standard InChI is InChI=1S/C19H25N5O2/c1-23(15-10-12-20-13-11-15)17-8-9-18(22-21-17)24(2)19(25)14-4-6-16(26-3)7-5-14/h4-9,15,20H,10-13H2,1-3H3. The number of rotatable bonds is 5. The number of aromatic nitrogens is 2. The average Bonchev–Trinajstić information content (AvgIpc) is 2.73. The number of piperidine rings is 1.